The molecule has 0 N–H and O–H groups in total. The Morgan fingerprint density at radius 3 is 2.33 bits per heavy atom. The summed E-state index contributed by atoms with van der Waals surface area (Å²) in [6.07, 6.45) is 0. The summed E-state index contributed by atoms with van der Waals surface area (Å²) in [5.41, 5.74) is 4.19. The van der Waals surface area contributed by atoms with Gasteiger partial charge < -0.3 is 0 Å². The van der Waals surface area contributed by atoms with E-state index in [2.05, 4.69) is 37.3 Å². The van der Waals surface area contributed by atoms with Gasteiger partial charge in [0.15, 0.2) is 0 Å². The molecule has 0 aliphatic carbocycles. The average Bonchev–Trinajstić information content (AvgIpc) is 2.30. The van der Waals surface area contributed by atoms with Crippen LogP contribution >= 0.6 is 0 Å². The standard InChI is InChI=1S/C14H11N/c1-11-5-7-13(8-6-11)14-4-2-3-12(9-14)10-15/h2-9H,1H3. The van der Waals surface area contributed by atoms with Crippen molar-refractivity contribution in [3.05, 3.63) is 59.7 Å². The molecule has 0 amide bonds. The normalized spacial score (nSPS) is 9.60. The summed E-state index contributed by atoms with van der Waals surface area (Å²) in [6, 6.07) is 18.1. The molecule has 0 fully saturated rings. The second kappa shape index (κ2) is 3.98. The van der Waals surface area contributed by atoms with E-state index in [1.165, 1.54) is 5.56 Å². The predicted octanol–water partition coefficient (Wildman–Crippen LogP) is 3.53. The summed E-state index contributed by atoms with van der Waals surface area (Å²) in [5.74, 6) is 0. The Bertz CT molecular complexity index is 504. The van der Waals surface area contributed by atoms with E-state index in [0.29, 0.717) is 5.56 Å². The Morgan fingerprint density at radius 2 is 1.67 bits per heavy atom. The molecule has 72 valence electrons. The van der Waals surface area contributed by atoms with Gasteiger partial charge in [-0.05, 0) is 30.2 Å². The lowest BCUT2D eigenvalue weighted by molar-refractivity contribution is 1.46. The minimum Gasteiger partial charge on any atom is -0.192 e. The largest absolute Gasteiger partial charge is 0.192 e. The molecule has 0 aromatic heterocycles. The Labute approximate surface area is 89.6 Å². The van der Waals surface area contributed by atoms with E-state index in [1.807, 2.05) is 24.3 Å². The van der Waals surface area contributed by atoms with Gasteiger partial charge in [-0.2, -0.15) is 5.26 Å². The van der Waals surface area contributed by atoms with Crippen molar-refractivity contribution in [2.45, 2.75) is 6.92 Å². The Morgan fingerprint density at radius 1 is 0.933 bits per heavy atom. The highest BCUT2D eigenvalue weighted by molar-refractivity contribution is 5.65. The van der Waals surface area contributed by atoms with Crippen LogP contribution in [0.4, 0.5) is 0 Å². The zero-order valence-electron chi connectivity index (χ0n) is 8.57. The third-order valence-corrected chi connectivity index (χ3v) is 2.38. The summed E-state index contributed by atoms with van der Waals surface area (Å²) in [6.45, 7) is 2.06. The second-order valence-electron chi connectivity index (χ2n) is 3.56. The summed E-state index contributed by atoms with van der Waals surface area (Å²) in [7, 11) is 0. The van der Waals surface area contributed by atoms with Crippen LogP contribution in [0.3, 0.4) is 0 Å². The summed E-state index contributed by atoms with van der Waals surface area (Å²) >= 11 is 0. The highest BCUT2D eigenvalue weighted by Crippen LogP contribution is 2.20. The van der Waals surface area contributed by atoms with Crippen molar-refractivity contribution in [1.29, 1.82) is 5.26 Å². The number of hydrogen-bond acceptors (Lipinski definition) is 1. The molecule has 0 radical (unpaired) electrons. The van der Waals surface area contributed by atoms with E-state index in [9.17, 15) is 0 Å². The molecule has 2 aromatic rings. The SMILES string of the molecule is Cc1ccc(-c2cccc(C#N)c2)cc1. The molecule has 2 rings (SSSR count). The lowest BCUT2D eigenvalue weighted by Gasteiger charge is -2.02. The van der Waals surface area contributed by atoms with Gasteiger partial charge in [-0.15, -0.1) is 0 Å². The smallest absolute Gasteiger partial charge is 0.0991 e. The number of benzene rings is 2. The number of nitrogens with zero attached hydrogens (tertiary/aromatic N) is 1. The van der Waals surface area contributed by atoms with E-state index in [0.717, 1.165) is 11.1 Å². The Balaban J connectivity index is 2.46. The molecule has 15 heavy (non-hydrogen) atoms. The first-order valence-electron chi connectivity index (χ1n) is 4.87. The molecule has 0 unspecified atom stereocenters. The van der Waals surface area contributed by atoms with E-state index in [1.54, 1.807) is 0 Å². The third kappa shape index (κ3) is 2.05. The third-order valence-electron chi connectivity index (χ3n) is 2.38. The zero-order chi connectivity index (χ0) is 10.7. The van der Waals surface area contributed by atoms with Gasteiger partial charge in [-0.25, -0.2) is 0 Å². The Hall–Kier alpha value is -2.07. The molecule has 0 heterocycles. The van der Waals surface area contributed by atoms with Crippen molar-refractivity contribution >= 4 is 0 Å². The van der Waals surface area contributed by atoms with Crippen LogP contribution in [0.5, 0.6) is 0 Å². The number of hydrogen-bond donors (Lipinski definition) is 0. The van der Waals surface area contributed by atoms with Crippen molar-refractivity contribution in [1.82, 2.24) is 0 Å². The van der Waals surface area contributed by atoms with E-state index >= 15 is 0 Å². The second-order valence-corrected chi connectivity index (χ2v) is 3.56. The number of rotatable bonds is 1. The number of aryl methyl sites for hydroxylation is 1. The molecule has 1 nitrogen and oxygen atoms in total. The summed E-state index contributed by atoms with van der Waals surface area (Å²) in [5, 5.41) is 8.80. The molecule has 0 spiro atoms. The van der Waals surface area contributed by atoms with Crippen LogP contribution in [0.15, 0.2) is 48.5 Å². The van der Waals surface area contributed by atoms with Crippen LogP contribution in [-0.2, 0) is 0 Å². The van der Waals surface area contributed by atoms with Crippen molar-refractivity contribution in [2.24, 2.45) is 0 Å². The van der Waals surface area contributed by atoms with Gasteiger partial charge in [-0.3, -0.25) is 0 Å². The monoisotopic (exact) mass is 193 g/mol. The Kier molecular flexibility index (Phi) is 2.51. The first-order chi connectivity index (χ1) is 7.29. The van der Waals surface area contributed by atoms with Gasteiger partial charge in [0.2, 0.25) is 0 Å². The van der Waals surface area contributed by atoms with Crippen LogP contribution in [-0.4, -0.2) is 0 Å². The van der Waals surface area contributed by atoms with Gasteiger partial charge in [0.25, 0.3) is 0 Å². The van der Waals surface area contributed by atoms with Gasteiger partial charge in [0.05, 0.1) is 11.6 Å². The fourth-order valence-electron chi connectivity index (χ4n) is 1.51. The van der Waals surface area contributed by atoms with Crippen molar-refractivity contribution in [3.63, 3.8) is 0 Å². The maximum absolute atomic E-state index is 8.80. The van der Waals surface area contributed by atoms with Crippen molar-refractivity contribution in [3.8, 4) is 17.2 Å². The van der Waals surface area contributed by atoms with Gasteiger partial charge >= 0.3 is 0 Å². The predicted molar refractivity (Wildman–Crippen MR) is 61.3 cm³/mol. The minimum atomic E-state index is 0.702. The first-order valence-corrected chi connectivity index (χ1v) is 4.87. The van der Waals surface area contributed by atoms with E-state index in [-0.39, 0.29) is 0 Å². The molecular weight excluding hydrogens is 182 g/mol. The minimum absolute atomic E-state index is 0.702. The van der Waals surface area contributed by atoms with E-state index < -0.39 is 0 Å². The molecule has 0 saturated heterocycles. The molecule has 0 saturated carbocycles. The molecule has 0 aliphatic heterocycles. The topological polar surface area (TPSA) is 23.8 Å². The lowest BCUT2D eigenvalue weighted by atomic mass is 10.0. The van der Waals surface area contributed by atoms with Crippen LogP contribution in [0.25, 0.3) is 11.1 Å². The molecule has 0 aliphatic rings. The van der Waals surface area contributed by atoms with Gasteiger partial charge in [-0.1, -0.05) is 42.0 Å². The van der Waals surface area contributed by atoms with Crippen LogP contribution in [0.2, 0.25) is 0 Å². The zero-order valence-corrected chi connectivity index (χ0v) is 8.57. The summed E-state index contributed by atoms with van der Waals surface area (Å²) in [4.78, 5) is 0. The van der Waals surface area contributed by atoms with Crippen LogP contribution < -0.4 is 0 Å². The van der Waals surface area contributed by atoms with E-state index in [4.69, 9.17) is 5.26 Å². The highest BCUT2D eigenvalue weighted by Gasteiger charge is 1.97. The van der Waals surface area contributed by atoms with Crippen molar-refractivity contribution in [2.75, 3.05) is 0 Å². The first kappa shape index (κ1) is 9.48. The molecule has 0 atom stereocenters. The molecule has 1 heteroatoms. The molecule has 0 bridgehead atoms. The summed E-state index contributed by atoms with van der Waals surface area (Å²) < 4.78 is 0. The number of nitriles is 1. The highest BCUT2D eigenvalue weighted by atomic mass is 14.2. The van der Waals surface area contributed by atoms with Crippen LogP contribution in [0.1, 0.15) is 11.1 Å². The van der Waals surface area contributed by atoms with Gasteiger partial charge in [0, 0.05) is 0 Å². The van der Waals surface area contributed by atoms with Gasteiger partial charge in [0.1, 0.15) is 0 Å². The molecule has 2 aromatic carbocycles. The fourth-order valence-corrected chi connectivity index (χ4v) is 1.51. The fraction of sp³-hybridized carbons (Fsp3) is 0.0714. The molecular formula is C14H11N. The average molecular weight is 193 g/mol. The lowest BCUT2D eigenvalue weighted by Crippen LogP contribution is -1.80. The quantitative estimate of drug-likeness (QED) is 0.679. The maximum Gasteiger partial charge on any atom is 0.0991 e. The maximum atomic E-state index is 8.80. The van der Waals surface area contributed by atoms with Crippen molar-refractivity contribution < 1.29 is 0 Å². The van der Waals surface area contributed by atoms with Crippen LogP contribution in [0, 0.1) is 18.3 Å².